The van der Waals surface area contributed by atoms with Crippen molar-refractivity contribution in [1.82, 2.24) is 33.7 Å². The summed E-state index contributed by atoms with van der Waals surface area (Å²) in [4.78, 5) is 18.8. The van der Waals surface area contributed by atoms with E-state index >= 15 is 0 Å². The first-order valence-electron chi connectivity index (χ1n) is 13.9. The fraction of sp³-hybridized carbons (Fsp3) is 0.400. The Bertz CT molecular complexity index is 1820. The van der Waals surface area contributed by atoms with Crippen molar-refractivity contribution < 1.29 is 14.3 Å². The molecular weight excluding hydrogens is 552 g/mol. The minimum Gasteiger partial charge on any atom is -0.471 e. The number of aromatic nitrogens is 6. The van der Waals surface area contributed by atoms with Crippen LogP contribution in [-0.2, 0) is 4.74 Å². The number of fused-ring (bicyclic) bond motifs is 2. The number of imidazole rings is 1. The van der Waals surface area contributed by atoms with E-state index < -0.39 is 5.60 Å². The maximum atomic E-state index is 12.5. The lowest BCUT2D eigenvalue weighted by atomic mass is 10.0. The molecule has 6 rings (SSSR count). The molecule has 0 radical (unpaired) electrons. The van der Waals surface area contributed by atoms with Crippen molar-refractivity contribution in [3.63, 3.8) is 0 Å². The van der Waals surface area contributed by atoms with Crippen molar-refractivity contribution in [2.75, 3.05) is 13.1 Å². The molecule has 0 saturated carbocycles. The average Bonchev–Trinajstić information content (AvgIpc) is 3.70. The van der Waals surface area contributed by atoms with E-state index in [4.69, 9.17) is 9.47 Å². The van der Waals surface area contributed by atoms with Crippen LogP contribution in [0, 0.1) is 18.3 Å². The largest absolute Gasteiger partial charge is 0.471 e. The Balaban J connectivity index is 1.28. The Hall–Kier alpha value is -4.50. The van der Waals surface area contributed by atoms with Gasteiger partial charge < -0.3 is 14.4 Å². The Labute approximate surface area is 247 Å². The van der Waals surface area contributed by atoms with Crippen molar-refractivity contribution >= 4 is 33.4 Å². The highest BCUT2D eigenvalue weighted by Gasteiger charge is 2.29. The number of likely N-dealkylation sites (tertiary alicyclic amines) is 1. The van der Waals surface area contributed by atoms with E-state index in [1.165, 1.54) is 11.5 Å². The van der Waals surface area contributed by atoms with Crippen LogP contribution in [0.15, 0.2) is 42.7 Å². The summed E-state index contributed by atoms with van der Waals surface area (Å²) in [7, 11) is 0. The van der Waals surface area contributed by atoms with Crippen LogP contribution in [0.2, 0.25) is 0 Å². The Morgan fingerprint density at radius 2 is 1.98 bits per heavy atom. The molecule has 1 saturated heterocycles. The summed E-state index contributed by atoms with van der Waals surface area (Å²) in [6.45, 7) is 10.8. The van der Waals surface area contributed by atoms with Gasteiger partial charge in [0.2, 0.25) is 5.88 Å². The maximum Gasteiger partial charge on any atom is 0.410 e. The second-order valence-electron chi connectivity index (χ2n) is 11.5. The quantitative estimate of drug-likeness (QED) is 0.243. The number of piperidine rings is 1. The first kappa shape index (κ1) is 27.7. The molecule has 12 heteroatoms. The van der Waals surface area contributed by atoms with Gasteiger partial charge in [0.15, 0.2) is 0 Å². The van der Waals surface area contributed by atoms with E-state index in [0.717, 1.165) is 45.4 Å². The van der Waals surface area contributed by atoms with Crippen LogP contribution in [0.4, 0.5) is 4.79 Å². The van der Waals surface area contributed by atoms with Crippen LogP contribution >= 0.6 is 11.5 Å². The number of pyridine rings is 1. The Kier molecular flexibility index (Phi) is 7.06. The number of carbonyl (C=O) groups is 1. The van der Waals surface area contributed by atoms with E-state index in [9.17, 15) is 10.1 Å². The van der Waals surface area contributed by atoms with Crippen molar-refractivity contribution in [2.24, 2.45) is 0 Å². The lowest BCUT2D eigenvalue weighted by molar-refractivity contribution is 0.0183. The van der Waals surface area contributed by atoms with Gasteiger partial charge in [-0.25, -0.2) is 14.5 Å². The molecule has 0 bridgehead atoms. The van der Waals surface area contributed by atoms with Gasteiger partial charge in [0.05, 0.1) is 22.6 Å². The third kappa shape index (κ3) is 5.16. The molecule has 0 N–H and O–H groups in total. The minimum atomic E-state index is -0.524. The van der Waals surface area contributed by atoms with Crippen LogP contribution in [-0.4, -0.2) is 58.4 Å². The lowest BCUT2D eigenvalue weighted by Gasteiger charge is -2.33. The predicted molar refractivity (Wildman–Crippen MR) is 158 cm³/mol. The molecule has 1 aliphatic heterocycles. The molecule has 1 amide bonds. The number of hydrogen-bond acceptors (Lipinski definition) is 9. The van der Waals surface area contributed by atoms with Crippen LogP contribution in [0.3, 0.4) is 0 Å². The summed E-state index contributed by atoms with van der Waals surface area (Å²) in [6.07, 6.45) is 4.31. The van der Waals surface area contributed by atoms with Crippen molar-refractivity contribution in [3.05, 3.63) is 59.7 Å². The third-order valence-electron chi connectivity index (χ3n) is 7.50. The summed E-state index contributed by atoms with van der Waals surface area (Å²) in [5.41, 5.74) is 3.89. The van der Waals surface area contributed by atoms with E-state index in [-0.39, 0.29) is 18.2 Å². The lowest BCUT2D eigenvalue weighted by Crippen LogP contribution is -2.42. The molecule has 1 aliphatic rings. The van der Waals surface area contributed by atoms with Gasteiger partial charge in [0.25, 0.3) is 0 Å². The normalized spacial score (nSPS) is 15.2. The highest BCUT2D eigenvalue weighted by Crippen LogP contribution is 2.35. The van der Waals surface area contributed by atoms with Crippen LogP contribution < -0.4 is 4.74 Å². The molecule has 216 valence electrons. The summed E-state index contributed by atoms with van der Waals surface area (Å²) >= 11 is 1.44. The summed E-state index contributed by atoms with van der Waals surface area (Å²) in [5.74, 6) is 0.491. The number of benzene rings is 1. The second kappa shape index (κ2) is 10.7. The van der Waals surface area contributed by atoms with E-state index in [0.29, 0.717) is 30.3 Å². The number of nitrogens with zero attached hydrogens (tertiary/aromatic N) is 8. The molecule has 5 aromatic rings. The zero-order chi connectivity index (χ0) is 29.6. The molecule has 11 nitrogen and oxygen atoms in total. The van der Waals surface area contributed by atoms with E-state index in [2.05, 4.69) is 25.7 Å². The number of amides is 1. The fourth-order valence-electron chi connectivity index (χ4n) is 5.44. The summed E-state index contributed by atoms with van der Waals surface area (Å²) in [6, 6.07) is 12.2. The molecule has 1 atom stereocenters. The number of hydrogen-bond donors (Lipinski definition) is 0. The topological polar surface area (TPSA) is 123 Å². The molecule has 5 heterocycles. The molecule has 1 aromatic carbocycles. The molecule has 42 heavy (non-hydrogen) atoms. The zero-order valence-electron chi connectivity index (χ0n) is 24.2. The average molecular weight is 585 g/mol. The fourth-order valence-corrected chi connectivity index (χ4v) is 6.27. The second-order valence-corrected chi connectivity index (χ2v) is 12.4. The minimum absolute atomic E-state index is 0.112. The van der Waals surface area contributed by atoms with E-state index in [1.54, 1.807) is 15.5 Å². The number of nitriles is 1. The van der Waals surface area contributed by atoms with Crippen molar-refractivity contribution in [2.45, 2.75) is 65.2 Å². The molecular formula is C30H32N8O3S. The van der Waals surface area contributed by atoms with Gasteiger partial charge in [-0.3, -0.25) is 4.40 Å². The zero-order valence-corrected chi connectivity index (χ0v) is 25.1. The van der Waals surface area contributed by atoms with Gasteiger partial charge in [-0.15, -0.1) is 5.10 Å². The third-order valence-corrected chi connectivity index (χ3v) is 8.36. The molecule has 1 unspecified atom stereocenters. The maximum absolute atomic E-state index is 12.5. The number of ether oxygens (including phenoxy) is 2. The van der Waals surface area contributed by atoms with Gasteiger partial charge in [0, 0.05) is 41.9 Å². The van der Waals surface area contributed by atoms with Crippen molar-refractivity contribution in [1.29, 1.82) is 5.26 Å². The van der Waals surface area contributed by atoms with Crippen LogP contribution in [0.5, 0.6) is 5.88 Å². The first-order valence-corrected chi connectivity index (χ1v) is 14.7. The smallest absolute Gasteiger partial charge is 0.410 e. The summed E-state index contributed by atoms with van der Waals surface area (Å²) < 4.78 is 21.2. The van der Waals surface area contributed by atoms with Gasteiger partial charge in [-0.2, -0.15) is 9.64 Å². The molecule has 4 aromatic heterocycles. The summed E-state index contributed by atoms with van der Waals surface area (Å²) in [5, 5.41) is 19.9. The number of carbonyl (C=O) groups excluding carboxylic acids is 1. The van der Waals surface area contributed by atoms with E-state index in [1.807, 2.05) is 75.8 Å². The van der Waals surface area contributed by atoms with Crippen LogP contribution in [0.1, 0.15) is 69.6 Å². The molecule has 0 aliphatic carbocycles. The SMILES string of the molecule is Cc1c(-c2cc(OC(C)c3cccc4cnsc34)n3c(C#N)cnc3c2)nnn1C1CCN(C(=O)OC(C)(C)C)CC1. The van der Waals surface area contributed by atoms with Gasteiger partial charge in [-0.1, -0.05) is 23.4 Å². The van der Waals surface area contributed by atoms with Crippen molar-refractivity contribution in [3.8, 4) is 23.2 Å². The van der Waals surface area contributed by atoms with Gasteiger partial charge in [-0.05, 0) is 65.1 Å². The molecule has 1 fully saturated rings. The number of rotatable bonds is 5. The van der Waals surface area contributed by atoms with Gasteiger partial charge in [0.1, 0.15) is 34.8 Å². The standard InChI is InChI=1S/C30H32N8O3S/c1-18-27(34-35-38(18)22-9-11-36(12-10-22)29(39)41-30(3,4)5)21-13-25-32-17-23(15-31)37(25)26(14-21)40-19(2)24-8-6-7-20-16-33-42-28(20)24/h6-8,13-14,16-17,19,22H,9-12H2,1-5H3. The Morgan fingerprint density at radius 3 is 2.71 bits per heavy atom. The molecule has 0 spiro atoms. The monoisotopic (exact) mass is 584 g/mol. The van der Waals surface area contributed by atoms with Crippen LogP contribution in [0.25, 0.3) is 27.0 Å². The highest BCUT2D eigenvalue weighted by atomic mass is 32.1. The first-order chi connectivity index (χ1) is 20.1. The highest BCUT2D eigenvalue weighted by molar-refractivity contribution is 7.13. The Morgan fingerprint density at radius 1 is 1.19 bits per heavy atom. The predicted octanol–water partition coefficient (Wildman–Crippen LogP) is 6.09. The van der Waals surface area contributed by atoms with Gasteiger partial charge >= 0.3 is 6.09 Å².